The zero-order valence-corrected chi connectivity index (χ0v) is 11.1. The Kier molecular flexibility index (Phi) is 4.20. The summed E-state index contributed by atoms with van der Waals surface area (Å²) in [5, 5.41) is 0. The van der Waals surface area contributed by atoms with Crippen LogP contribution in [0.25, 0.3) is 0 Å². The van der Waals surface area contributed by atoms with Gasteiger partial charge in [-0.1, -0.05) is 15.9 Å². The van der Waals surface area contributed by atoms with Gasteiger partial charge in [0, 0.05) is 17.2 Å². The molecule has 0 aliphatic carbocycles. The molecule has 0 saturated heterocycles. The highest BCUT2D eigenvalue weighted by Crippen LogP contribution is 2.21. The van der Waals surface area contributed by atoms with E-state index in [1.165, 1.54) is 0 Å². The lowest BCUT2D eigenvalue weighted by Crippen LogP contribution is -2.33. The van der Waals surface area contributed by atoms with Crippen LogP contribution in [0.5, 0.6) is 0 Å². The molecular formula is C11H18BrNO2. The third-order valence-corrected chi connectivity index (χ3v) is 2.59. The van der Waals surface area contributed by atoms with E-state index in [0.29, 0.717) is 0 Å². The molecule has 0 radical (unpaired) electrons. The molecule has 15 heavy (non-hydrogen) atoms. The summed E-state index contributed by atoms with van der Waals surface area (Å²) in [5.41, 5.74) is -0.427. The minimum absolute atomic E-state index is 0.263. The van der Waals surface area contributed by atoms with Crippen LogP contribution in [0, 0.1) is 0 Å². The Balaban J connectivity index is 2.62. The first kappa shape index (κ1) is 12.6. The molecule has 1 heterocycles. The molecule has 3 nitrogen and oxygen atoms in total. The summed E-state index contributed by atoms with van der Waals surface area (Å²) in [6, 6.07) is 0. The smallest absolute Gasteiger partial charge is 0.414 e. The van der Waals surface area contributed by atoms with Crippen molar-refractivity contribution in [1.29, 1.82) is 0 Å². The molecule has 0 aromatic rings. The summed E-state index contributed by atoms with van der Waals surface area (Å²) in [6.07, 6.45) is 4.70. The molecule has 0 fully saturated rings. The zero-order chi connectivity index (χ0) is 11.5. The van der Waals surface area contributed by atoms with Gasteiger partial charge < -0.3 is 4.74 Å². The van der Waals surface area contributed by atoms with E-state index in [2.05, 4.69) is 15.9 Å². The van der Waals surface area contributed by atoms with Crippen molar-refractivity contribution in [3.8, 4) is 0 Å². The van der Waals surface area contributed by atoms with Crippen LogP contribution < -0.4 is 0 Å². The Labute approximate surface area is 99.6 Å². The van der Waals surface area contributed by atoms with Gasteiger partial charge in [-0.3, -0.25) is 4.90 Å². The number of rotatable bonds is 0. The van der Waals surface area contributed by atoms with Crippen molar-refractivity contribution in [2.45, 2.75) is 45.6 Å². The molecule has 1 rings (SSSR count). The first-order chi connectivity index (χ1) is 6.88. The normalized spacial score (nSPS) is 18.1. The summed E-state index contributed by atoms with van der Waals surface area (Å²) in [5.74, 6) is 0. The number of amides is 1. The van der Waals surface area contributed by atoms with E-state index in [1.54, 1.807) is 4.90 Å². The topological polar surface area (TPSA) is 29.5 Å². The summed E-state index contributed by atoms with van der Waals surface area (Å²) >= 11 is 3.44. The van der Waals surface area contributed by atoms with E-state index in [1.807, 2.05) is 27.0 Å². The van der Waals surface area contributed by atoms with E-state index in [0.717, 1.165) is 30.3 Å². The van der Waals surface area contributed by atoms with Gasteiger partial charge in [-0.05, 0) is 40.0 Å². The average Bonchev–Trinajstić information content (AvgIpc) is 2.26. The maximum atomic E-state index is 11.8. The van der Waals surface area contributed by atoms with Gasteiger partial charge in [0.05, 0.1) is 0 Å². The van der Waals surface area contributed by atoms with Gasteiger partial charge >= 0.3 is 6.09 Å². The maximum Gasteiger partial charge on any atom is 0.414 e. The van der Waals surface area contributed by atoms with Crippen LogP contribution in [0.15, 0.2) is 10.7 Å². The molecule has 86 valence electrons. The van der Waals surface area contributed by atoms with Crippen molar-refractivity contribution in [3.05, 3.63) is 10.7 Å². The van der Waals surface area contributed by atoms with Crippen LogP contribution >= 0.6 is 15.9 Å². The van der Waals surface area contributed by atoms with Crippen molar-refractivity contribution in [2.24, 2.45) is 0 Å². The molecule has 0 aromatic carbocycles. The molecule has 0 spiro atoms. The second-order valence-corrected chi connectivity index (χ2v) is 5.73. The van der Waals surface area contributed by atoms with Crippen LogP contribution in [-0.4, -0.2) is 23.1 Å². The van der Waals surface area contributed by atoms with Gasteiger partial charge in [-0.25, -0.2) is 4.79 Å². The van der Waals surface area contributed by atoms with Gasteiger partial charge in [-0.2, -0.15) is 0 Å². The van der Waals surface area contributed by atoms with E-state index in [9.17, 15) is 4.79 Å². The van der Waals surface area contributed by atoms with Crippen LogP contribution in [-0.2, 0) is 4.74 Å². The predicted molar refractivity (Wildman–Crippen MR) is 63.8 cm³/mol. The summed E-state index contributed by atoms with van der Waals surface area (Å²) in [4.78, 5) is 13.4. The standard InChI is InChI=1S/C11H18BrNO2/c1-11(2,3)15-10(14)13-7-5-4-6-9(12)8-13/h8H,4-7H2,1-3H3. The van der Waals surface area contributed by atoms with Crippen LogP contribution in [0.4, 0.5) is 4.79 Å². The number of nitrogens with zero attached hydrogens (tertiary/aromatic N) is 1. The Hall–Kier alpha value is -0.510. The van der Waals surface area contributed by atoms with Crippen LogP contribution in [0.3, 0.4) is 0 Å². The largest absolute Gasteiger partial charge is 0.443 e. The third kappa shape index (κ3) is 4.69. The SMILES string of the molecule is CC(C)(C)OC(=O)N1C=C(Br)CCCC1. The van der Waals surface area contributed by atoms with E-state index in [4.69, 9.17) is 4.74 Å². The quantitative estimate of drug-likeness (QED) is 0.676. The maximum absolute atomic E-state index is 11.8. The van der Waals surface area contributed by atoms with Crippen molar-refractivity contribution < 1.29 is 9.53 Å². The number of hydrogen-bond donors (Lipinski definition) is 0. The number of carbonyl (C=O) groups is 1. The summed E-state index contributed by atoms with van der Waals surface area (Å²) in [6.45, 7) is 6.37. The van der Waals surface area contributed by atoms with Crippen LogP contribution in [0.1, 0.15) is 40.0 Å². The van der Waals surface area contributed by atoms with Gasteiger partial charge in [0.2, 0.25) is 0 Å². The van der Waals surface area contributed by atoms with Crippen molar-refractivity contribution in [2.75, 3.05) is 6.54 Å². The van der Waals surface area contributed by atoms with Crippen LogP contribution in [0.2, 0.25) is 0 Å². The molecule has 0 atom stereocenters. The fraction of sp³-hybridized carbons (Fsp3) is 0.727. The monoisotopic (exact) mass is 275 g/mol. The lowest BCUT2D eigenvalue weighted by Gasteiger charge is -2.24. The summed E-state index contributed by atoms with van der Waals surface area (Å²) in [7, 11) is 0. The highest BCUT2D eigenvalue weighted by molar-refractivity contribution is 9.11. The minimum atomic E-state index is -0.427. The fourth-order valence-electron chi connectivity index (χ4n) is 1.34. The zero-order valence-electron chi connectivity index (χ0n) is 9.55. The van der Waals surface area contributed by atoms with Crippen molar-refractivity contribution in [1.82, 2.24) is 4.90 Å². The van der Waals surface area contributed by atoms with Crippen molar-refractivity contribution >= 4 is 22.0 Å². The molecule has 1 aliphatic rings. The van der Waals surface area contributed by atoms with E-state index in [-0.39, 0.29) is 6.09 Å². The van der Waals surface area contributed by atoms with Gasteiger partial charge in [0.25, 0.3) is 0 Å². The Morgan fingerprint density at radius 2 is 2.13 bits per heavy atom. The molecule has 1 aliphatic heterocycles. The minimum Gasteiger partial charge on any atom is -0.443 e. The molecule has 1 amide bonds. The number of hydrogen-bond acceptors (Lipinski definition) is 2. The first-order valence-electron chi connectivity index (χ1n) is 5.24. The number of halogens is 1. The lowest BCUT2D eigenvalue weighted by molar-refractivity contribution is 0.0335. The highest BCUT2D eigenvalue weighted by Gasteiger charge is 2.21. The average molecular weight is 276 g/mol. The molecular weight excluding hydrogens is 258 g/mol. The number of carbonyl (C=O) groups excluding carboxylic acids is 1. The Morgan fingerprint density at radius 3 is 2.73 bits per heavy atom. The number of ether oxygens (including phenoxy) is 1. The fourth-order valence-corrected chi connectivity index (χ4v) is 1.87. The van der Waals surface area contributed by atoms with E-state index < -0.39 is 5.60 Å². The molecule has 4 heteroatoms. The van der Waals surface area contributed by atoms with Gasteiger partial charge in [0.1, 0.15) is 5.60 Å². The molecule has 0 aromatic heterocycles. The van der Waals surface area contributed by atoms with Gasteiger partial charge in [0.15, 0.2) is 0 Å². The highest BCUT2D eigenvalue weighted by atomic mass is 79.9. The van der Waals surface area contributed by atoms with Gasteiger partial charge in [-0.15, -0.1) is 0 Å². The Morgan fingerprint density at radius 1 is 1.47 bits per heavy atom. The second kappa shape index (κ2) is 5.01. The predicted octanol–water partition coefficient (Wildman–Crippen LogP) is 3.64. The second-order valence-electron chi connectivity index (χ2n) is 4.71. The first-order valence-corrected chi connectivity index (χ1v) is 6.03. The molecule has 0 N–H and O–H groups in total. The van der Waals surface area contributed by atoms with Crippen molar-refractivity contribution in [3.63, 3.8) is 0 Å². The number of allylic oxidation sites excluding steroid dienone is 1. The molecule has 0 bridgehead atoms. The Bertz CT molecular complexity index is 268. The summed E-state index contributed by atoms with van der Waals surface area (Å²) < 4.78 is 6.36. The third-order valence-electron chi connectivity index (χ3n) is 1.99. The molecule has 0 unspecified atom stereocenters. The van der Waals surface area contributed by atoms with E-state index >= 15 is 0 Å². The molecule has 0 saturated carbocycles. The lowest BCUT2D eigenvalue weighted by atomic mass is 10.2.